The van der Waals surface area contributed by atoms with Gasteiger partial charge >= 0.3 is 0 Å². The van der Waals surface area contributed by atoms with Gasteiger partial charge in [0, 0.05) is 11.1 Å². The molecule has 12 rings (SSSR count). The van der Waals surface area contributed by atoms with E-state index in [1.807, 2.05) is 0 Å². The van der Waals surface area contributed by atoms with Gasteiger partial charge in [-0.2, -0.15) is 0 Å². The number of hydrogen-bond acceptors (Lipinski definition) is 1. The number of rotatable bonds is 3. The molecule has 9 aromatic rings. The highest BCUT2D eigenvalue weighted by Crippen LogP contribution is 2.63. The second-order valence-electron chi connectivity index (χ2n) is 15.6. The summed E-state index contributed by atoms with van der Waals surface area (Å²) in [5, 5.41) is 2.46. The summed E-state index contributed by atoms with van der Waals surface area (Å²) in [6.45, 7) is 2.36. The van der Waals surface area contributed by atoms with Gasteiger partial charge in [0.15, 0.2) is 0 Å². The molecular weight excluding hydrogens is 677 g/mol. The van der Waals surface area contributed by atoms with Crippen molar-refractivity contribution in [2.24, 2.45) is 0 Å². The van der Waals surface area contributed by atoms with Crippen LogP contribution in [0.25, 0.3) is 55.3 Å². The smallest absolute Gasteiger partial charge is 0.132 e. The minimum absolute atomic E-state index is 0.383. The average molecular weight is 713 g/mol. The topological polar surface area (TPSA) is 9.23 Å². The van der Waals surface area contributed by atoms with Crippen molar-refractivity contribution < 1.29 is 4.74 Å². The first-order chi connectivity index (χ1) is 27.7. The van der Waals surface area contributed by atoms with Crippen LogP contribution in [-0.2, 0) is 10.8 Å². The minimum atomic E-state index is -0.432. The Labute approximate surface area is 327 Å². The van der Waals surface area contributed by atoms with Crippen LogP contribution in [0.3, 0.4) is 0 Å². The van der Waals surface area contributed by atoms with Crippen molar-refractivity contribution in [3.05, 3.63) is 239 Å². The maximum absolute atomic E-state index is 6.73. The van der Waals surface area contributed by atoms with Crippen molar-refractivity contribution in [2.75, 3.05) is 0 Å². The van der Waals surface area contributed by atoms with E-state index in [1.54, 1.807) is 0 Å². The largest absolute Gasteiger partial charge is 0.457 e. The quantitative estimate of drug-likeness (QED) is 0.177. The maximum atomic E-state index is 6.73. The predicted octanol–water partition coefficient (Wildman–Crippen LogP) is 14.0. The third-order valence-electron chi connectivity index (χ3n) is 13.0. The van der Waals surface area contributed by atoms with E-state index in [4.69, 9.17) is 4.74 Å². The molecule has 1 heterocycles. The van der Waals surface area contributed by atoms with Gasteiger partial charge in [0.2, 0.25) is 0 Å². The summed E-state index contributed by atoms with van der Waals surface area (Å²) in [5.74, 6) is 1.81. The molecule has 56 heavy (non-hydrogen) atoms. The lowest BCUT2D eigenvalue weighted by molar-refractivity contribution is 0.428. The third kappa shape index (κ3) is 3.99. The summed E-state index contributed by atoms with van der Waals surface area (Å²) >= 11 is 0. The first kappa shape index (κ1) is 31.4. The molecule has 0 radical (unpaired) electrons. The van der Waals surface area contributed by atoms with Crippen LogP contribution in [0.4, 0.5) is 0 Å². The van der Waals surface area contributed by atoms with E-state index < -0.39 is 5.41 Å². The Hall–Kier alpha value is -6.96. The molecule has 3 aliphatic rings. The Morgan fingerprint density at radius 2 is 0.821 bits per heavy atom. The van der Waals surface area contributed by atoms with Crippen LogP contribution in [0.5, 0.6) is 11.5 Å². The third-order valence-corrected chi connectivity index (χ3v) is 13.0. The summed E-state index contributed by atoms with van der Waals surface area (Å²) < 4.78 is 6.73. The summed E-state index contributed by atoms with van der Waals surface area (Å²) in [6, 6.07) is 73.9. The molecule has 1 atom stereocenters. The average Bonchev–Trinajstić information content (AvgIpc) is 3.73. The molecule has 9 aromatic carbocycles. The van der Waals surface area contributed by atoms with Crippen LogP contribution in [-0.4, -0.2) is 0 Å². The lowest BCUT2D eigenvalue weighted by Gasteiger charge is -2.39. The molecule has 1 aliphatic heterocycles. The van der Waals surface area contributed by atoms with Crippen LogP contribution in [0.2, 0.25) is 0 Å². The molecule has 1 heteroatoms. The fourth-order valence-corrected chi connectivity index (χ4v) is 10.7. The first-order valence-electron chi connectivity index (χ1n) is 19.6. The van der Waals surface area contributed by atoms with Gasteiger partial charge in [-0.05, 0) is 108 Å². The number of ether oxygens (including phenoxy) is 1. The Bertz CT molecular complexity index is 3020. The summed E-state index contributed by atoms with van der Waals surface area (Å²) in [6.07, 6.45) is 0. The van der Waals surface area contributed by atoms with Gasteiger partial charge in [-0.15, -0.1) is 0 Å². The highest BCUT2D eigenvalue weighted by Gasteiger charge is 2.51. The van der Waals surface area contributed by atoms with Gasteiger partial charge < -0.3 is 4.74 Å². The monoisotopic (exact) mass is 712 g/mol. The van der Waals surface area contributed by atoms with Crippen molar-refractivity contribution in [1.82, 2.24) is 0 Å². The van der Waals surface area contributed by atoms with Crippen LogP contribution in [0.1, 0.15) is 45.9 Å². The second kappa shape index (κ2) is 11.5. The zero-order valence-corrected chi connectivity index (χ0v) is 31.0. The predicted molar refractivity (Wildman–Crippen MR) is 230 cm³/mol. The Kier molecular flexibility index (Phi) is 6.46. The van der Waals surface area contributed by atoms with Crippen molar-refractivity contribution in [3.8, 4) is 56.0 Å². The van der Waals surface area contributed by atoms with E-state index in [0.717, 1.165) is 11.5 Å². The standard InChI is InChI=1S/C55H36O/c1-54(36-16-3-2-4-17-36)49-27-13-14-28-51(49)56-52-29-15-23-45(53(52)54)40-33-32-37(38-18-5-6-19-39(38)40)35-30-31-44-43-22-9-12-26-48(43)55(50(44)34-35)46-24-10-7-20-41(46)42-21-8-11-25-47(42)55/h2-34H,1H3. The number of para-hydroxylation sites is 1. The molecule has 0 amide bonds. The van der Waals surface area contributed by atoms with E-state index in [-0.39, 0.29) is 5.41 Å². The van der Waals surface area contributed by atoms with E-state index in [0.29, 0.717) is 0 Å². The number of benzene rings is 9. The number of fused-ring (bicyclic) bond motifs is 13. The van der Waals surface area contributed by atoms with Crippen molar-refractivity contribution in [2.45, 2.75) is 17.8 Å². The van der Waals surface area contributed by atoms with E-state index >= 15 is 0 Å². The molecule has 1 spiro atoms. The molecule has 0 saturated carbocycles. The Morgan fingerprint density at radius 1 is 0.339 bits per heavy atom. The van der Waals surface area contributed by atoms with E-state index in [1.165, 1.54) is 94.2 Å². The Morgan fingerprint density at radius 3 is 1.50 bits per heavy atom. The molecule has 0 bridgehead atoms. The van der Waals surface area contributed by atoms with Gasteiger partial charge in [-0.1, -0.05) is 182 Å². The molecule has 0 saturated heterocycles. The summed E-state index contributed by atoms with van der Waals surface area (Å²) in [4.78, 5) is 0. The van der Waals surface area contributed by atoms with Gasteiger partial charge in [-0.25, -0.2) is 0 Å². The first-order valence-corrected chi connectivity index (χ1v) is 19.6. The minimum Gasteiger partial charge on any atom is -0.457 e. The van der Waals surface area contributed by atoms with Crippen LogP contribution < -0.4 is 4.74 Å². The van der Waals surface area contributed by atoms with Crippen molar-refractivity contribution in [1.29, 1.82) is 0 Å². The van der Waals surface area contributed by atoms with E-state index in [9.17, 15) is 0 Å². The lowest BCUT2D eigenvalue weighted by atomic mass is 9.67. The van der Waals surface area contributed by atoms with Crippen LogP contribution >= 0.6 is 0 Å². The van der Waals surface area contributed by atoms with Gasteiger partial charge in [-0.3, -0.25) is 0 Å². The molecule has 1 nitrogen and oxygen atoms in total. The lowest BCUT2D eigenvalue weighted by Crippen LogP contribution is -2.30. The van der Waals surface area contributed by atoms with Crippen LogP contribution in [0.15, 0.2) is 200 Å². The zero-order valence-electron chi connectivity index (χ0n) is 31.0. The second-order valence-corrected chi connectivity index (χ2v) is 15.6. The zero-order chi connectivity index (χ0) is 37.0. The van der Waals surface area contributed by atoms with Crippen LogP contribution in [0, 0.1) is 0 Å². The SMILES string of the molecule is CC1(c2ccccc2)c2ccccc2Oc2cccc(-c3ccc(-c4ccc5c(c4)C4(c6ccccc6-c6ccccc64)c4ccccc4-5)c4ccccc34)c21. The number of hydrogen-bond donors (Lipinski definition) is 0. The fourth-order valence-electron chi connectivity index (χ4n) is 10.7. The normalized spacial score (nSPS) is 16.3. The molecule has 0 N–H and O–H groups in total. The van der Waals surface area contributed by atoms with Gasteiger partial charge in [0.1, 0.15) is 11.5 Å². The summed E-state index contributed by atoms with van der Waals surface area (Å²) in [5.41, 5.74) is 18.4. The molecular formula is C55H36O. The van der Waals surface area contributed by atoms with E-state index in [2.05, 4.69) is 207 Å². The highest BCUT2D eigenvalue weighted by molar-refractivity contribution is 6.06. The molecule has 1 unspecified atom stereocenters. The molecule has 2 aliphatic carbocycles. The van der Waals surface area contributed by atoms with Crippen molar-refractivity contribution >= 4 is 10.8 Å². The van der Waals surface area contributed by atoms with Gasteiger partial charge in [0.25, 0.3) is 0 Å². The highest BCUT2D eigenvalue weighted by atomic mass is 16.5. The van der Waals surface area contributed by atoms with Gasteiger partial charge in [0.05, 0.1) is 10.8 Å². The maximum Gasteiger partial charge on any atom is 0.132 e. The fraction of sp³-hybridized carbons (Fsp3) is 0.0545. The molecule has 0 aromatic heterocycles. The van der Waals surface area contributed by atoms with Crippen molar-refractivity contribution in [3.63, 3.8) is 0 Å². The molecule has 0 fully saturated rings. The summed E-state index contributed by atoms with van der Waals surface area (Å²) in [7, 11) is 0. The Balaban J connectivity index is 1.08. The molecule has 262 valence electrons.